The van der Waals surface area contributed by atoms with Crippen LogP contribution < -0.4 is 10.6 Å². The highest BCUT2D eigenvalue weighted by Crippen LogP contribution is 2.16. The minimum absolute atomic E-state index is 0.778. The quantitative estimate of drug-likeness (QED) is 0.386. The molecule has 0 aliphatic carbocycles. The molecule has 1 heterocycles. The van der Waals surface area contributed by atoms with Crippen LogP contribution in [-0.2, 0) is 4.74 Å². The van der Waals surface area contributed by atoms with E-state index in [-0.39, 0.29) is 0 Å². The van der Waals surface area contributed by atoms with Gasteiger partial charge in [0.15, 0.2) is 5.96 Å². The van der Waals surface area contributed by atoms with Crippen LogP contribution in [0.4, 0.5) is 0 Å². The van der Waals surface area contributed by atoms with Crippen molar-refractivity contribution in [3.05, 3.63) is 0 Å². The Labute approximate surface area is 130 Å². The summed E-state index contributed by atoms with van der Waals surface area (Å²) in [5.74, 6) is 1.70. The van der Waals surface area contributed by atoms with Crippen LogP contribution in [0.5, 0.6) is 0 Å². The Morgan fingerprint density at radius 1 is 1.24 bits per heavy atom. The summed E-state index contributed by atoms with van der Waals surface area (Å²) in [7, 11) is 1.84. The second-order valence-electron chi connectivity index (χ2n) is 5.72. The van der Waals surface area contributed by atoms with Crippen molar-refractivity contribution in [1.82, 2.24) is 15.5 Å². The highest BCUT2D eigenvalue weighted by molar-refractivity contribution is 5.79. The first-order valence-electron chi connectivity index (χ1n) is 8.54. The molecule has 0 unspecified atom stereocenters. The number of guanidine groups is 1. The van der Waals surface area contributed by atoms with E-state index in [0.29, 0.717) is 0 Å². The van der Waals surface area contributed by atoms with E-state index in [1.54, 1.807) is 0 Å². The van der Waals surface area contributed by atoms with Gasteiger partial charge in [0.25, 0.3) is 0 Å². The molecule has 1 aliphatic rings. The average molecular weight is 298 g/mol. The topological polar surface area (TPSA) is 48.9 Å². The van der Waals surface area contributed by atoms with E-state index in [4.69, 9.17) is 4.74 Å². The first-order chi connectivity index (χ1) is 10.3. The van der Waals surface area contributed by atoms with Crippen LogP contribution in [0.25, 0.3) is 0 Å². The molecule has 0 radical (unpaired) electrons. The minimum atomic E-state index is 0.778. The lowest BCUT2D eigenvalue weighted by molar-refractivity contribution is 0.145. The van der Waals surface area contributed by atoms with Gasteiger partial charge in [-0.2, -0.15) is 0 Å². The zero-order valence-corrected chi connectivity index (χ0v) is 14.2. The van der Waals surface area contributed by atoms with Crippen molar-refractivity contribution >= 4 is 5.96 Å². The third-order valence-corrected chi connectivity index (χ3v) is 3.99. The third-order valence-electron chi connectivity index (χ3n) is 3.99. The van der Waals surface area contributed by atoms with Gasteiger partial charge in [-0.1, -0.05) is 6.92 Å². The van der Waals surface area contributed by atoms with Gasteiger partial charge in [0.1, 0.15) is 0 Å². The molecule has 1 saturated heterocycles. The molecule has 2 N–H and O–H groups in total. The maximum Gasteiger partial charge on any atom is 0.190 e. The van der Waals surface area contributed by atoms with Crippen molar-refractivity contribution in [2.24, 2.45) is 10.9 Å². The Balaban J connectivity index is 2.09. The highest BCUT2D eigenvalue weighted by Gasteiger charge is 2.18. The first-order valence-corrected chi connectivity index (χ1v) is 8.54. The van der Waals surface area contributed by atoms with Gasteiger partial charge in [-0.25, -0.2) is 0 Å². The Morgan fingerprint density at radius 2 is 2.00 bits per heavy atom. The molecular weight excluding hydrogens is 264 g/mol. The summed E-state index contributed by atoms with van der Waals surface area (Å²) in [6.45, 7) is 11.6. The zero-order valence-electron chi connectivity index (χ0n) is 14.2. The maximum absolute atomic E-state index is 5.33. The molecule has 21 heavy (non-hydrogen) atoms. The van der Waals surface area contributed by atoms with Crippen LogP contribution in [0, 0.1) is 5.92 Å². The van der Waals surface area contributed by atoms with Crippen LogP contribution in [0.1, 0.15) is 39.5 Å². The van der Waals surface area contributed by atoms with E-state index < -0.39 is 0 Å². The highest BCUT2D eigenvalue weighted by atomic mass is 16.5. The van der Waals surface area contributed by atoms with Gasteiger partial charge < -0.3 is 20.3 Å². The lowest BCUT2D eigenvalue weighted by atomic mass is 9.97. The summed E-state index contributed by atoms with van der Waals surface area (Å²) < 4.78 is 5.33. The molecule has 5 nitrogen and oxygen atoms in total. The third kappa shape index (κ3) is 8.27. The molecular formula is C16H34N4O. The Morgan fingerprint density at radius 3 is 2.62 bits per heavy atom. The molecule has 0 atom stereocenters. The number of aliphatic imine (C=N–C) groups is 1. The van der Waals surface area contributed by atoms with Crippen molar-refractivity contribution < 1.29 is 4.74 Å². The fraction of sp³-hybridized carbons (Fsp3) is 0.938. The van der Waals surface area contributed by atoms with Crippen molar-refractivity contribution in [2.45, 2.75) is 39.5 Å². The predicted molar refractivity (Wildman–Crippen MR) is 89.9 cm³/mol. The molecule has 1 aliphatic heterocycles. The number of rotatable bonds is 9. The summed E-state index contributed by atoms with van der Waals surface area (Å²) in [4.78, 5) is 6.86. The Hall–Kier alpha value is -0.810. The fourth-order valence-corrected chi connectivity index (χ4v) is 2.72. The smallest absolute Gasteiger partial charge is 0.190 e. The molecule has 0 saturated carbocycles. The normalized spacial score (nSPS) is 18.0. The summed E-state index contributed by atoms with van der Waals surface area (Å²) in [5.41, 5.74) is 0. The van der Waals surface area contributed by atoms with Crippen molar-refractivity contribution in [1.29, 1.82) is 0 Å². The van der Waals surface area contributed by atoms with E-state index in [1.165, 1.54) is 38.9 Å². The number of piperidine rings is 1. The Kier molecular flexibility index (Phi) is 10.3. The van der Waals surface area contributed by atoms with E-state index in [9.17, 15) is 0 Å². The van der Waals surface area contributed by atoms with Crippen LogP contribution in [0.15, 0.2) is 4.99 Å². The molecule has 0 aromatic rings. The summed E-state index contributed by atoms with van der Waals surface area (Å²) in [6, 6.07) is 0. The number of nitrogens with zero attached hydrogens (tertiary/aromatic N) is 2. The zero-order chi connectivity index (χ0) is 15.3. The second-order valence-corrected chi connectivity index (χ2v) is 5.72. The van der Waals surface area contributed by atoms with Crippen molar-refractivity contribution in [2.75, 3.05) is 53.0 Å². The van der Waals surface area contributed by atoms with Gasteiger partial charge in [0.2, 0.25) is 0 Å². The number of ether oxygens (including phenoxy) is 1. The Bertz CT molecular complexity index is 275. The standard InChI is InChI=1S/C16H34N4O/c1-4-10-20-11-7-15(8-12-20)14-19-16(17-3)18-9-6-13-21-5-2/h15H,4-14H2,1-3H3,(H2,17,18,19). The first kappa shape index (κ1) is 18.2. The fourth-order valence-electron chi connectivity index (χ4n) is 2.72. The van der Waals surface area contributed by atoms with Crippen molar-refractivity contribution in [3.63, 3.8) is 0 Å². The number of likely N-dealkylation sites (tertiary alicyclic amines) is 1. The lowest BCUT2D eigenvalue weighted by Crippen LogP contribution is -2.43. The van der Waals surface area contributed by atoms with Crippen LogP contribution in [0.2, 0.25) is 0 Å². The average Bonchev–Trinajstić information content (AvgIpc) is 2.52. The van der Waals surface area contributed by atoms with Gasteiger partial charge in [0.05, 0.1) is 0 Å². The second kappa shape index (κ2) is 11.8. The SMILES string of the molecule is CCCN1CCC(CNC(=NC)NCCCOCC)CC1. The molecule has 0 aromatic carbocycles. The summed E-state index contributed by atoms with van der Waals surface area (Å²) in [5, 5.41) is 6.80. The lowest BCUT2D eigenvalue weighted by Gasteiger charge is -2.32. The number of hydrogen-bond donors (Lipinski definition) is 2. The van der Waals surface area contributed by atoms with E-state index >= 15 is 0 Å². The van der Waals surface area contributed by atoms with E-state index in [1.807, 2.05) is 14.0 Å². The monoisotopic (exact) mass is 298 g/mol. The largest absolute Gasteiger partial charge is 0.382 e. The molecule has 1 rings (SSSR count). The number of nitrogens with one attached hydrogen (secondary N) is 2. The van der Waals surface area contributed by atoms with E-state index in [2.05, 4.69) is 27.4 Å². The van der Waals surface area contributed by atoms with Crippen LogP contribution in [0.3, 0.4) is 0 Å². The van der Waals surface area contributed by atoms with Gasteiger partial charge >= 0.3 is 0 Å². The van der Waals surface area contributed by atoms with E-state index in [0.717, 1.165) is 44.6 Å². The van der Waals surface area contributed by atoms with Crippen LogP contribution in [-0.4, -0.2) is 63.8 Å². The molecule has 124 valence electrons. The number of hydrogen-bond acceptors (Lipinski definition) is 3. The van der Waals surface area contributed by atoms with Gasteiger partial charge in [0, 0.05) is 33.4 Å². The van der Waals surface area contributed by atoms with Gasteiger partial charge in [-0.15, -0.1) is 0 Å². The van der Waals surface area contributed by atoms with Crippen molar-refractivity contribution in [3.8, 4) is 0 Å². The molecule has 5 heteroatoms. The molecule has 1 fully saturated rings. The summed E-state index contributed by atoms with van der Waals surface area (Å²) in [6.07, 6.45) is 4.88. The maximum atomic E-state index is 5.33. The molecule has 0 amide bonds. The predicted octanol–water partition coefficient (Wildman–Crippen LogP) is 1.70. The van der Waals surface area contributed by atoms with Gasteiger partial charge in [-0.05, 0) is 58.2 Å². The minimum Gasteiger partial charge on any atom is -0.382 e. The van der Waals surface area contributed by atoms with Crippen LogP contribution >= 0.6 is 0 Å². The summed E-state index contributed by atoms with van der Waals surface area (Å²) >= 11 is 0. The van der Waals surface area contributed by atoms with Gasteiger partial charge in [-0.3, -0.25) is 4.99 Å². The molecule has 0 spiro atoms. The molecule has 0 bridgehead atoms. The molecule has 0 aromatic heterocycles.